The Morgan fingerprint density at radius 3 is 2.52 bits per heavy atom. The molecule has 0 bridgehead atoms. The first-order chi connectivity index (χ1) is 9.94. The molecule has 122 valence electrons. The van der Waals surface area contributed by atoms with E-state index in [4.69, 9.17) is 0 Å². The van der Waals surface area contributed by atoms with Crippen LogP contribution in [-0.4, -0.2) is 63.6 Å². The third-order valence-electron chi connectivity index (χ3n) is 4.47. The van der Waals surface area contributed by atoms with Gasteiger partial charge in [-0.3, -0.25) is 0 Å². The molecule has 2 N–H and O–H groups in total. The van der Waals surface area contributed by atoms with Gasteiger partial charge in [-0.15, -0.1) is 0 Å². The molecule has 0 aromatic carbocycles. The lowest BCUT2D eigenvalue weighted by Crippen LogP contribution is -2.43. The van der Waals surface area contributed by atoms with Crippen LogP contribution in [0, 0.1) is 11.8 Å². The fourth-order valence-electron chi connectivity index (χ4n) is 2.95. The van der Waals surface area contributed by atoms with Crippen LogP contribution in [0.5, 0.6) is 0 Å². The van der Waals surface area contributed by atoms with Gasteiger partial charge in [0.1, 0.15) is 0 Å². The summed E-state index contributed by atoms with van der Waals surface area (Å²) >= 11 is 0. The summed E-state index contributed by atoms with van der Waals surface area (Å²) in [6, 6.07) is -0.190. The van der Waals surface area contributed by atoms with Crippen molar-refractivity contribution in [1.82, 2.24) is 15.5 Å². The van der Waals surface area contributed by atoms with Crippen LogP contribution in [0.25, 0.3) is 0 Å². The standard InChI is InChI=1S/C14H27N3O3S/c1-12-2-6-17(7-3-12)8-5-15-14(18)16-10-13-4-9-21(19,20)11-13/h12-13H,2-11H2,1H3,(H2,15,16,18). The van der Waals surface area contributed by atoms with Crippen molar-refractivity contribution in [2.75, 3.05) is 44.2 Å². The molecule has 1 atom stereocenters. The minimum atomic E-state index is -2.86. The molecular formula is C14H27N3O3S. The van der Waals surface area contributed by atoms with Crippen molar-refractivity contribution in [2.45, 2.75) is 26.2 Å². The zero-order chi connectivity index (χ0) is 15.3. The van der Waals surface area contributed by atoms with Crippen LogP contribution < -0.4 is 10.6 Å². The Labute approximate surface area is 127 Å². The first-order valence-electron chi connectivity index (χ1n) is 7.89. The van der Waals surface area contributed by atoms with Gasteiger partial charge in [0, 0.05) is 19.6 Å². The largest absolute Gasteiger partial charge is 0.338 e. The van der Waals surface area contributed by atoms with Crippen molar-refractivity contribution >= 4 is 15.9 Å². The number of carbonyl (C=O) groups is 1. The van der Waals surface area contributed by atoms with Gasteiger partial charge < -0.3 is 15.5 Å². The van der Waals surface area contributed by atoms with Crippen molar-refractivity contribution in [1.29, 1.82) is 0 Å². The number of sulfone groups is 1. The van der Waals surface area contributed by atoms with E-state index in [9.17, 15) is 13.2 Å². The maximum atomic E-state index is 11.7. The van der Waals surface area contributed by atoms with E-state index in [1.165, 1.54) is 12.8 Å². The van der Waals surface area contributed by atoms with Gasteiger partial charge in [0.25, 0.3) is 0 Å². The number of rotatable bonds is 5. The quantitative estimate of drug-likeness (QED) is 0.772. The predicted molar refractivity (Wildman–Crippen MR) is 83.0 cm³/mol. The number of urea groups is 1. The molecule has 1 unspecified atom stereocenters. The molecule has 7 heteroatoms. The molecule has 2 rings (SSSR count). The van der Waals surface area contributed by atoms with Crippen LogP contribution in [0.2, 0.25) is 0 Å². The normalized spacial score (nSPS) is 26.6. The van der Waals surface area contributed by atoms with Crippen LogP contribution in [0.4, 0.5) is 4.79 Å². The molecule has 0 aromatic rings. The number of likely N-dealkylation sites (tertiary alicyclic amines) is 1. The minimum Gasteiger partial charge on any atom is -0.338 e. The zero-order valence-electron chi connectivity index (χ0n) is 12.8. The molecular weight excluding hydrogens is 290 g/mol. The van der Waals surface area contributed by atoms with Crippen molar-refractivity contribution in [3.05, 3.63) is 0 Å². The molecule has 2 fully saturated rings. The van der Waals surface area contributed by atoms with E-state index in [0.29, 0.717) is 19.5 Å². The summed E-state index contributed by atoms with van der Waals surface area (Å²) in [6.45, 7) is 6.49. The van der Waals surface area contributed by atoms with E-state index in [0.717, 1.165) is 25.6 Å². The van der Waals surface area contributed by atoms with Crippen molar-refractivity contribution in [2.24, 2.45) is 11.8 Å². The van der Waals surface area contributed by atoms with Crippen LogP contribution in [-0.2, 0) is 9.84 Å². The maximum Gasteiger partial charge on any atom is 0.314 e. The Kier molecular flexibility index (Phi) is 5.87. The average molecular weight is 317 g/mol. The highest BCUT2D eigenvalue weighted by atomic mass is 32.2. The number of hydrogen-bond donors (Lipinski definition) is 2. The van der Waals surface area contributed by atoms with E-state index >= 15 is 0 Å². The molecule has 2 amide bonds. The van der Waals surface area contributed by atoms with Gasteiger partial charge in [-0.05, 0) is 44.2 Å². The molecule has 2 aliphatic rings. The lowest BCUT2D eigenvalue weighted by molar-refractivity contribution is 0.191. The van der Waals surface area contributed by atoms with E-state index in [1.54, 1.807) is 0 Å². The molecule has 0 radical (unpaired) electrons. The van der Waals surface area contributed by atoms with Gasteiger partial charge in [0.05, 0.1) is 11.5 Å². The van der Waals surface area contributed by atoms with Crippen LogP contribution in [0.15, 0.2) is 0 Å². The molecule has 21 heavy (non-hydrogen) atoms. The number of amides is 2. The molecule has 0 spiro atoms. The monoisotopic (exact) mass is 317 g/mol. The van der Waals surface area contributed by atoms with E-state index in [2.05, 4.69) is 22.5 Å². The fraction of sp³-hybridized carbons (Fsp3) is 0.929. The Bertz CT molecular complexity index is 444. The van der Waals surface area contributed by atoms with Gasteiger partial charge in [0.2, 0.25) is 0 Å². The topological polar surface area (TPSA) is 78.5 Å². The maximum absolute atomic E-state index is 11.7. The average Bonchev–Trinajstić information content (AvgIpc) is 2.78. The van der Waals surface area contributed by atoms with Crippen LogP contribution in [0.3, 0.4) is 0 Å². The highest BCUT2D eigenvalue weighted by molar-refractivity contribution is 7.91. The first kappa shape index (κ1) is 16.5. The summed E-state index contributed by atoms with van der Waals surface area (Å²) in [5, 5.41) is 5.62. The van der Waals surface area contributed by atoms with Crippen molar-refractivity contribution < 1.29 is 13.2 Å². The molecule has 0 aromatic heterocycles. The predicted octanol–water partition coefficient (Wildman–Crippen LogP) is 0.452. The molecule has 2 aliphatic heterocycles. The first-order valence-corrected chi connectivity index (χ1v) is 9.71. The third-order valence-corrected chi connectivity index (χ3v) is 6.30. The second-order valence-electron chi connectivity index (χ2n) is 6.43. The number of nitrogens with one attached hydrogen (secondary N) is 2. The van der Waals surface area contributed by atoms with E-state index in [-0.39, 0.29) is 23.5 Å². The summed E-state index contributed by atoms with van der Waals surface area (Å²) in [4.78, 5) is 14.0. The van der Waals surface area contributed by atoms with Gasteiger partial charge in [-0.25, -0.2) is 13.2 Å². The lowest BCUT2D eigenvalue weighted by Gasteiger charge is -2.30. The smallest absolute Gasteiger partial charge is 0.314 e. The molecule has 6 nitrogen and oxygen atoms in total. The van der Waals surface area contributed by atoms with Crippen LogP contribution >= 0.6 is 0 Å². The van der Waals surface area contributed by atoms with Gasteiger partial charge in [-0.2, -0.15) is 0 Å². The number of nitrogens with zero attached hydrogens (tertiary/aromatic N) is 1. The van der Waals surface area contributed by atoms with Gasteiger partial charge in [0.15, 0.2) is 9.84 Å². The Balaban J connectivity index is 1.54. The van der Waals surface area contributed by atoms with E-state index in [1.807, 2.05) is 0 Å². The summed E-state index contributed by atoms with van der Waals surface area (Å²) in [5.41, 5.74) is 0. The Morgan fingerprint density at radius 2 is 1.90 bits per heavy atom. The summed E-state index contributed by atoms with van der Waals surface area (Å²) in [7, 11) is -2.86. The summed E-state index contributed by atoms with van der Waals surface area (Å²) < 4.78 is 22.6. The third kappa shape index (κ3) is 5.82. The summed E-state index contributed by atoms with van der Waals surface area (Å²) in [6.07, 6.45) is 3.14. The lowest BCUT2D eigenvalue weighted by atomic mass is 9.99. The summed E-state index contributed by atoms with van der Waals surface area (Å²) in [5.74, 6) is 1.36. The molecule has 0 aliphatic carbocycles. The zero-order valence-corrected chi connectivity index (χ0v) is 13.6. The number of hydrogen-bond acceptors (Lipinski definition) is 4. The van der Waals surface area contributed by atoms with Crippen molar-refractivity contribution in [3.8, 4) is 0 Å². The second-order valence-corrected chi connectivity index (χ2v) is 8.66. The second kappa shape index (κ2) is 7.45. The fourth-order valence-corrected chi connectivity index (χ4v) is 4.81. The molecule has 2 saturated heterocycles. The number of piperidine rings is 1. The highest BCUT2D eigenvalue weighted by Crippen LogP contribution is 2.17. The SMILES string of the molecule is CC1CCN(CCNC(=O)NCC2CCS(=O)(=O)C2)CC1. The Morgan fingerprint density at radius 1 is 1.19 bits per heavy atom. The van der Waals surface area contributed by atoms with Crippen LogP contribution in [0.1, 0.15) is 26.2 Å². The van der Waals surface area contributed by atoms with Crippen molar-refractivity contribution in [3.63, 3.8) is 0 Å². The highest BCUT2D eigenvalue weighted by Gasteiger charge is 2.27. The van der Waals surface area contributed by atoms with Gasteiger partial charge in [-0.1, -0.05) is 6.92 Å². The Hall–Kier alpha value is -0.820. The van der Waals surface area contributed by atoms with Gasteiger partial charge >= 0.3 is 6.03 Å². The number of carbonyl (C=O) groups excluding carboxylic acids is 1. The van der Waals surface area contributed by atoms with E-state index < -0.39 is 9.84 Å². The molecule has 2 heterocycles. The molecule has 0 saturated carbocycles. The minimum absolute atomic E-state index is 0.0735.